The van der Waals surface area contributed by atoms with Crippen LogP contribution in [0.2, 0.25) is 0 Å². The Kier molecular flexibility index (Phi) is 2.68. The van der Waals surface area contributed by atoms with E-state index in [1.54, 1.807) is 18.3 Å². The molecule has 1 amide bonds. The fourth-order valence-electron chi connectivity index (χ4n) is 1.11. The SMILES string of the molecule is O=C(Cc1ccccn1)Nc1ncn[nH]1. The molecular weight excluding hydrogens is 194 g/mol. The van der Waals surface area contributed by atoms with Gasteiger partial charge in [-0.25, -0.2) is 5.10 Å². The monoisotopic (exact) mass is 203 g/mol. The number of nitrogens with zero attached hydrogens (tertiary/aromatic N) is 3. The molecule has 0 aromatic carbocycles. The van der Waals surface area contributed by atoms with E-state index in [1.807, 2.05) is 6.07 Å². The molecule has 0 saturated carbocycles. The third-order valence-electron chi connectivity index (χ3n) is 1.74. The molecule has 0 saturated heterocycles. The second-order valence-electron chi connectivity index (χ2n) is 2.88. The summed E-state index contributed by atoms with van der Waals surface area (Å²) in [4.78, 5) is 19.3. The van der Waals surface area contributed by atoms with E-state index >= 15 is 0 Å². The molecule has 6 heteroatoms. The number of aromatic nitrogens is 4. The zero-order valence-electron chi connectivity index (χ0n) is 7.84. The highest BCUT2D eigenvalue weighted by Crippen LogP contribution is 1.98. The van der Waals surface area contributed by atoms with Crippen molar-refractivity contribution in [1.29, 1.82) is 0 Å². The Morgan fingerprint density at radius 2 is 2.33 bits per heavy atom. The topological polar surface area (TPSA) is 83.6 Å². The number of pyridine rings is 1. The van der Waals surface area contributed by atoms with Crippen molar-refractivity contribution >= 4 is 11.9 Å². The molecule has 2 aromatic rings. The van der Waals surface area contributed by atoms with Crippen LogP contribution in [0, 0.1) is 0 Å². The Morgan fingerprint density at radius 3 is 3.00 bits per heavy atom. The van der Waals surface area contributed by atoms with Gasteiger partial charge in [0.05, 0.1) is 6.42 Å². The third-order valence-corrected chi connectivity index (χ3v) is 1.74. The maximum absolute atomic E-state index is 11.4. The van der Waals surface area contributed by atoms with Crippen LogP contribution in [-0.4, -0.2) is 26.1 Å². The zero-order chi connectivity index (χ0) is 10.5. The molecule has 0 aliphatic heterocycles. The van der Waals surface area contributed by atoms with Crippen LogP contribution in [0.3, 0.4) is 0 Å². The van der Waals surface area contributed by atoms with Gasteiger partial charge in [-0.15, -0.1) is 0 Å². The normalized spacial score (nSPS) is 9.87. The van der Waals surface area contributed by atoms with Crippen LogP contribution in [0.4, 0.5) is 5.95 Å². The molecule has 0 aliphatic rings. The first-order valence-electron chi connectivity index (χ1n) is 4.40. The van der Waals surface area contributed by atoms with Crippen molar-refractivity contribution in [1.82, 2.24) is 20.2 Å². The molecule has 0 atom stereocenters. The van der Waals surface area contributed by atoms with Gasteiger partial charge >= 0.3 is 0 Å². The summed E-state index contributed by atoms with van der Waals surface area (Å²) in [6.07, 6.45) is 3.20. The fourth-order valence-corrected chi connectivity index (χ4v) is 1.11. The lowest BCUT2D eigenvalue weighted by Gasteiger charge is -2.00. The molecule has 0 bridgehead atoms. The van der Waals surface area contributed by atoms with Crippen LogP contribution in [0.15, 0.2) is 30.7 Å². The van der Waals surface area contributed by atoms with Crippen molar-refractivity contribution < 1.29 is 4.79 Å². The van der Waals surface area contributed by atoms with E-state index in [-0.39, 0.29) is 12.3 Å². The number of carbonyl (C=O) groups is 1. The smallest absolute Gasteiger partial charge is 0.232 e. The van der Waals surface area contributed by atoms with Gasteiger partial charge in [-0.1, -0.05) is 6.07 Å². The molecule has 2 N–H and O–H groups in total. The highest BCUT2D eigenvalue weighted by Gasteiger charge is 2.05. The quantitative estimate of drug-likeness (QED) is 0.755. The summed E-state index contributed by atoms with van der Waals surface area (Å²) >= 11 is 0. The van der Waals surface area contributed by atoms with Crippen molar-refractivity contribution in [3.05, 3.63) is 36.4 Å². The summed E-state index contributed by atoms with van der Waals surface area (Å²) in [5, 5.41) is 8.72. The maximum atomic E-state index is 11.4. The molecule has 76 valence electrons. The number of aromatic amines is 1. The van der Waals surface area contributed by atoms with Gasteiger partial charge in [0.25, 0.3) is 0 Å². The molecule has 6 nitrogen and oxygen atoms in total. The first kappa shape index (κ1) is 9.32. The molecule has 2 rings (SSSR count). The Balaban J connectivity index is 1.94. The molecule has 0 radical (unpaired) electrons. The average molecular weight is 203 g/mol. The minimum atomic E-state index is -0.176. The lowest BCUT2D eigenvalue weighted by atomic mass is 10.2. The van der Waals surface area contributed by atoms with Gasteiger partial charge in [0.1, 0.15) is 6.33 Å². The minimum Gasteiger partial charge on any atom is -0.295 e. The van der Waals surface area contributed by atoms with Gasteiger partial charge in [-0.3, -0.25) is 15.1 Å². The van der Waals surface area contributed by atoms with E-state index in [0.717, 1.165) is 5.69 Å². The Labute approximate surface area is 85.8 Å². The third kappa shape index (κ3) is 2.60. The number of carbonyl (C=O) groups excluding carboxylic acids is 1. The maximum Gasteiger partial charge on any atom is 0.232 e. The molecule has 0 aliphatic carbocycles. The average Bonchev–Trinajstić information content (AvgIpc) is 2.71. The van der Waals surface area contributed by atoms with Crippen LogP contribution in [-0.2, 0) is 11.2 Å². The molecular formula is C9H9N5O. The van der Waals surface area contributed by atoms with Crippen LogP contribution in [0.25, 0.3) is 0 Å². The second kappa shape index (κ2) is 4.32. The molecule has 2 heterocycles. The van der Waals surface area contributed by atoms with Crippen LogP contribution >= 0.6 is 0 Å². The van der Waals surface area contributed by atoms with Gasteiger partial charge in [-0.2, -0.15) is 10.1 Å². The highest BCUT2D eigenvalue weighted by molar-refractivity contribution is 5.90. The second-order valence-corrected chi connectivity index (χ2v) is 2.88. The van der Waals surface area contributed by atoms with Gasteiger partial charge in [0, 0.05) is 11.9 Å². The van der Waals surface area contributed by atoms with Gasteiger partial charge < -0.3 is 0 Å². The number of amides is 1. The highest BCUT2D eigenvalue weighted by atomic mass is 16.1. The van der Waals surface area contributed by atoms with Gasteiger partial charge in [0.2, 0.25) is 11.9 Å². The van der Waals surface area contributed by atoms with Crippen molar-refractivity contribution in [2.24, 2.45) is 0 Å². The number of nitrogens with one attached hydrogen (secondary N) is 2. The molecule has 0 spiro atoms. The molecule has 0 unspecified atom stereocenters. The van der Waals surface area contributed by atoms with Crippen molar-refractivity contribution in [3.8, 4) is 0 Å². The predicted molar refractivity (Wildman–Crippen MR) is 53.0 cm³/mol. The van der Waals surface area contributed by atoms with E-state index in [2.05, 4.69) is 25.5 Å². The predicted octanol–water partition coefficient (Wildman–Crippen LogP) is 0.381. The standard InChI is InChI=1S/C9H9N5O/c15-8(13-9-11-6-12-14-9)5-7-3-1-2-4-10-7/h1-4,6H,5H2,(H2,11,12,13,14,15). The van der Waals surface area contributed by atoms with Crippen molar-refractivity contribution in [3.63, 3.8) is 0 Å². The van der Waals surface area contributed by atoms with Crippen LogP contribution in [0.1, 0.15) is 5.69 Å². The minimum absolute atomic E-state index is 0.176. The van der Waals surface area contributed by atoms with Crippen molar-refractivity contribution in [2.45, 2.75) is 6.42 Å². The van der Waals surface area contributed by atoms with E-state index in [0.29, 0.717) is 5.95 Å². The summed E-state index contributed by atoms with van der Waals surface area (Å²) in [6.45, 7) is 0. The van der Waals surface area contributed by atoms with Crippen LogP contribution in [0.5, 0.6) is 0 Å². The van der Waals surface area contributed by atoms with Gasteiger partial charge in [0.15, 0.2) is 0 Å². The Bertz CT molecular complexity index is 425. The first-order chi connectivity index (χ1) is 7.34. The summed E-state index contributed by atoms with van der Waals surface area (Å²) in [5.41, 5.74) is 0.717. The molecule has 15 heavy (non-hydrogen) atoms. The van der Waals surface area contributed by atoms with E-state index in [1.165, 1.54) is 6.33 Å². The Hall–Kier alpha value is -2.24. The summed E-state index contributed by atoms with van der Waals surface area (Å²) in [5.74, 6) is 0.168. The Morgan fingerprint density at radius 1 is 1.40 bits per heavy atom. The summed E-state index contributed by atoms with van der Waals surface area (Å²) in [7, 11) is 0. The van der Waals surface area contributed by atoms with E-state index < -0.39 is 0 Å². The first-order valence-corrected chi connectivity index (χ1v) is 4.40. The fraction of sp³-hybridized carbons (Fsp3) is 0.111. The van der Waals surface area contributed by atoms with Crippen LogP contribution < -0.4 is 5.32 Å². The number of hydrogen-bond acceptors (Lipinski definition) is 4. The molecule has 0 fully saturated rings. The number of rotatable bonds is 3. The largest absolute Gasteiger partial charge is 0.295 e. The van der Waals surface area contributed by atoms with Gasteiger partial charge in [-0.05, 0) is 12.1 Å². The zero-order valence-corrected chi connectivity index (χ0v) is 7.84. The number of anilines is 1. The van der Waals surface area contributed by atoms with Crippen molar-refractivity contribution in [2.75, 3.05) is 5.32 Å². The van der Waals surface area contributed by atoms with E-state index in [4.69, 9.17) is 0 Å². The number of hydrogen-bond donors (Lipinski definition) is 2. The lowest BCUT2D eigenvalue weighted by molar-refractivity contribution is -0.115. The summed E-state index contributed by atoms with van der Waals surface area (Å²) < 4.78 is 0. The lowest BCUT2D eigenvalue weighted by Crippen LogP contribution is -2.15. The molecule has 2 aromatic heterocycles. The number of H-pyrrole nitrogens is 1. The summed E-state index contributed by atoms with van der Waals surface area (Å²) in [6, 6.07) is 5.43. The van der Waals surface area contributed by atoms with E-state index in [9.17, 15) is 4.79 Å².